The number of amides is 1. The molecule has 0 aliphatic rings. The van der Waals surface area contributed by atoms with Gasteiger partial charge in [0.2, 0.25) is 10.0 Å². The van der Waals surface area contributed by atoms with Crippen LogP contribution in [0, 0.1) is 6.92 Å². The van der Waals surface area contributed by atoms with E-state index in [1.165, 1.54) is 12.1 Å². The van der Waals surface area contributed by atoms with Crippen LogP contribution < -0.4 is 10.0 Å². The molecule has 2 aromatic rings. The van der Waals surface area contributed by atoms with E-state index in [4.69, 9.17) is 4.74 Å². The van der Waals surface area contributed by atoms with E-state index >= 15 is 0 Å². The topological polar surface area (TPSA) is 102 Å². The summed E-state index contributed by atoms with van der Waals surface area (Å²) in [5.41, 5.74) is 1.47. The van der Waals surface area contributed by atoms with Crippen LogP contribution in [0.4, 0.5) is 0 Å². The first-order valence-electron chi connectivity index (χ1n) is 8.81. The maximum absolute atomic E-state index is 12.7. The predicted molar refractivity (Wildman–Crippen MR) is 105 cm³/mol. The van der Waals surface area contributed by atoms with Gasteiger partial charge in [-0.1, -0.05) is 36.4 Å². The van der Waals surface area contributed by atoms with Crippen molar-refractivity contribution in [2.75, 3.05) is 6.54 Å². The summed E-state index contributed by atoms with van der Waals surface area (Å²) < 4.78 is 32.8. The van der Waals surface area contributed by atoms with Gasteiger partial charge in [-0.25, -0.2) is 13.1 Å². The molecule has 2 rings (SSSR count). The summed E-state index contributed by atoms with van der Waals surface area (Å²) in [4.78, 5) is 23.8. The first-order chi connectivity index (χ1) is 13.2. The zero-order valence-electron chi connectivity index (χ0n) is 16.1. The van der Waals surface area contributed by atoms with Gasteiger partial charge in [-0.05, 0) is 44.0 Å². The van der Waals surface area contributed by atoms with Crippen LogP contribution in [0.1, 0.15) is 35.3 Å². The molecule has 28 heavy (non-hydrogen) atoms. The maximum atomic E-state index is 12.7. The monoisotopic (exact) mass is 404 g/mol. The van der Waals surface area contributed by atoms with Crippen molar-refractivity contribution >= 4 is 21.9 Å². The van der Waals surface area contributed by atoms with E-state index in [0.29, 0.717) is 5.56 Å². The van der Waals surface area contributed by atoms with Gasteiger partial charge in [0.1, 0.15) is 6.54 Å². The summed E-state index contributed by atoms with van der Waals surface area (Å²) >= 11 is 0. The Bertz CT molecular complexity index is 940. The van der Waals surface area contributed by atoms with Crippen molar-refractivity contribution in [3.05, 3.63) is 65.2 Å². The Labute approximate surface area is 165 Å². The summed E-state index contributed by atoms with van der Waals surface area (Å²) in [6, 6.07) is 13.5. The molecule has 0 unspecified atom stereocenters. The standard InChI is InChI=1S/C20H24N2O5S/c1-14(2)27-19(23)13-21-20(24)17-10-9-15(3)18(11-17)28(25,26)22-12-16-7-5-4-6-8-16/h4-11,14,22H,12-13H2,1-3H3,(H,21,24). The van der Waals surface area contributed by atoms with E-state index in [1.54, 1.807) is 26.8 Å². The molecule has 2 N–H and O–H groups in total. The lowest BCUT2D eigenvalue weighted by molar-refractivity contribution is -0.146. The van der Waals surface area contributed by atoms with Crippen LogP contribution in [0.2, 0.25) is 0 Å². The average Bonchev–Trinajstić information content (AvgIpc) is 2.65. The molecule has 8 heteroatoms. The summed E-state index contributed by atoms with van der Waals surface area (Å²) in [7, 11) is -3.81. The van der Waals surface area contributed by atoms with Gasteiger partial charge < -0.3 is 10.1 Å². The second kappa shape index (κ2) is 9.48. The molecular weight excluding hydrogens is 380 g/mol. The van der Waals surface area contributed by atoms with Crippen molar-refractivity contribution in [2.45, 2.75) is 38.3 Å². The molecule has 0 saturated carbocycles. The molecule has 0 saturated heterocycles. The summed E-state index contributed by atoms with van der Waals surface area (Å²) in [6.07, 6.45) is -0.281. The molecule has 0 radical (unpaired) electrons. The highest BCUT2D eigenvalue weighted by Gasteiger charge is 2.19. The Morgan fingerprint density at radius 1 is 1.07 bits per heavy atom. The van der Waals surface area contributed by atoms with Crippen molar-refractivity contribution in [1.82, 2.24) is 10.0 Å². The molecule has 0 aromatic heterocycles. The van der Waals surface area contributed by atoms with Crippen LogP contribution in [0.5, 0.6) is 0 Å². The summed E-state index contributed by atoms with van der Waals surface area (Å²) in [5.74, 6) is -1.12. The summed E-state index contributed by atoms with van der Waals surface area (Å²) in [5, 5.41) is 2.43. The highest BCUT2D eigenvalue weighted by molar-refractivity contribution is 7.89. The minimum absolute atomic E-state index is 0.0147. The number of aryl methyl sites for hydroxylation is 1. The molecular formula is C20H24N2O5S. The van der Waals surface area contributed by atoms with E-state index in [-0.39, 0.29) is 29.7 Å². The average molecular weight is 404 g/mol. The second-order valence-electron chi connectivity index (χ2n) is 6.51. The van der Waals surface area contributed by atoms with Gasteiger partial charge in [0.25, 0.3) is 5.91 Å². The molecule has 150 valence electrons. The molecule has 0 spiro atoms. The number of carbonyl (C=O) groups excluding carboxylic acids is 2. The molecule has 0 fully saturated rings. The van der Waals surface area contributed by atoms with Crippen LogP contribution in [0.15, 0.2) is 53.4 Å². The van der Waals surface area contributed by atoms with Crippen LogP contribution in [0.3, 0.4) is 0 Å². The second-order valence-corrected chi connectivity index (χ2v) is 8.25. The number of sulfonamides is 1. The molecule has 0 atom stereocenters. The number of rotatable bonds is 8. The lowest BCUT2D eigenvalue weighted by Gasteiger charge is -2.12. The fraction of sp³-hybridized carbons (Fsp3) is 0.300. The van der Waals surface area contributed by atoms with E-state index in [1.807, 2.05) is 30.3 Å². The molecule has 0 aliphatic carbocycles. The molecule has 0 aliphatic heterocycles. The smallest absolute Gasteiger partial charge is 0.325 e. The van der Waals surface area contributed by atoms with Gasteiger partial charge in [-0.2, -0.15) is 0 Å². The van der Waals surface area contributed by atoms with E-state index in [2.05, 4.69) is 10.0 Å². The molecule has 0 heterocycles. The van der Waals surface area contributed by atoms with Crippen LogP contribution in [-0.2, 0) is 26.1 Å². The number of carbonyl (C=O) groups is 2. The summed E-state index contributed by atoms with van der Waals surface area (Å²) in [6.45, 7) is 4.91. The minimum Gasteiger partial charge on any atom is -0.462 e. The Morgan fingerprint density at radius 3 is 2.39 bits per heavy atom. The first-order valence-corrected chi connectivity index (χ1v) is 10.3. The lowest BCUT2D eigenvalue weighted by atomic mass is 10.1. The van der Waals surface area contributed by atoms with E-state index in [0.717, 1.165) is 5.56 Å². The normalized spacial score (nSPS) is 11.3. The molecule has 1 amide bonds. The van der Waals surface area contributed by atoms with Crippen molar-refractivity contribution in [2.24, 2.45) is 0 Å². The van der Waals surface area contributed by atoms with E-state index in [9.17, 15) is 18.0 Å². The maximum Gasteiger partial charge on any atom is 0.325 e. The zero-order valence-corrected chi connectivity index (χ0v) is 16.9. The minimum atomic E-state index is -3.81. The van der Waals surface area contributed by atoms with Gasteiger partial charge in [0.15, 0.2) is 0 Å². The third-order valence-corrected chi connectivity index (χ3v) is 5.35. The van der Waals surface area contributed by atoms with E-state index < -0.39 is 21.9 Å². The van der Waals surface area contributed by atoms with Gasteiger partial charge in [0.05, 0.1) is 11.0 Å². The third-order valence-electron chi connectivity index (χ3n) is 3.81. The lowest BCUT2D eigenvalue weighted by Crippen LogP contribution is -2.32. The third kappa shape index (κ3) is 6.17. The quantitative estimate of drug-likeness (QED) is 0.657. The number of hydrogen-bond acceptors (Lipinski definition) is 5. The Morgan fingerprint density at radius 2 is 1.75 bits per heavy atom. The largest absolute Gasteiger partial charge is 0.462 e. The van der Waals surface area contributed by atoms with Crippen LogP contribution in [-0.4, -0.2) is 32.9 Å². The number of ether oxygens (including phenoxy) is 1. The molecule has 7 nitrogen and oxygen atoms in total. The predicted octanol–water partition coefficient (Wildman–Crippen LogP) is 2.15. The molecule has 0 bridgehead atoms. The van der Waals surface area contributed by atoms with Gasteiger partial charge in [-0.15, -0.1) is 0 Å². The molecule has 2 aromatic carbocycles. The highest BCUT2D eigenvalue weighted by Crippen LogP contribution is 2.17. The van der Waals surface area contributed by atoms with Crippen molar-refractivity contribution in [3.8, 4) is 0 Å². The van der Waals surface area contributed by atoms with Crippen molar-refractivity contribution in [1.29, 1.82) is 0 Å². The van der Waals surface area contributed by atoms with Crippen LogP contribution >= 0.6 is 0 Å². The number of hydrogen-bond donors (Lipinski definition) is 2. The fourth-order valence-electron chi connectivity index (χ4n) is 2.44. The zero-order chi connectivity index (χ0) is 20.7. The van der Waals surface area contributed by atoms with Crippen LogP contribution in [0.25, 0.3) is 0 Å². The first kappa shape index (κ1) is 21.6. The van der Waals surface area contributed by atoms with Gasteiger partial charge in [-0.3, -0.25) is 9.59 Å². The Hall–Kier alpha value is -2.71. The van der Waals surface area contributed by atoms with Crippen molar-refractivity contribution in [3.63, 3.8) is 0 Å². The van der Waals surface area contributed by atoms with Gasteiger partial charge >= 0.3 is 5.97 Å². The van der Waals surface area contributed by atoms with Gasteiger partial charge in [0, 0.05) is 12.1 Å². The Balaban J connectivity index is 2.11. The number of nitrogens with one attached hydrogen (secondary N) is 2. The number of esters is 1. The van der Waals surface area contributed by atoms with Crippen molar-refractivity contribution < 1.29 is 22.7 Å². The SMILES string of the molecule is Cc1ccc(C(=O)NCC(=O)OC(C)C)cc1S(=O)(=O)NCc1ccccc1. The fourth-order valence-corrected chi connectivity index (χ4v) is 3.73. The number of benzene rings is 2. The highest BCUT2D eigenvalue weighted by atomic mass is 32.2. The Kier molecular flexibility index (Phi) is 7.31.